The van der Waals surface area contributed by atoms with E-state index in [1.165, 1.54) is 0 Å². The molecule has 0 aromatic rings. The van der Waals surface area contributed by atoms with Gasteiger partial charge in [-0.05, 0) is 26.7 Å². The molecule has 1 aliphatic rings. The SMILES string of the molecule is CC(C)N1CC(F)CCC(C(F)(F)F)C1. The van der Waals surface area contributed by atoms with Crippen molar-refractivity contribution >= 4 is 0 Å². The van der Waals surface area contributed by atoms with Crippen LogP contribution in [0, 0.1) is 5.92 Å². The third kappa shape index (κ3) is 3.63. The van der Waals surface area contributed by atoms with Crippen molar-refractivity contribution in [3.05, 3.63) is 0 Å². The van der Waals surface area contributed by atoms with Crippen molar-refractivity contribution in [3.63, 3.8) is 0 Å². The van der Waals surface area contributed by atoms with Gasteiger partial charge in [0.05, 0.1) is 5.92 Å². The molecule has 90 valence electrons. The molecule has 5 heteroatoms. The predicted octanol–water partition coefficient (Wildman–Crippen LogP) is 3.01. The number of halogens is 4. The van der Waals surface area contributed by atoms with Crippen LogP contribution in [0.4, 0.5) is 17.6 Å². The summed E-state index contributed by atoms with van der Waals surface area (Å²) in [7, 11) is 0. The van der Waals surface area contributed by atoms with Crippen LogP contribution in [-0.2, 0) is 0 Å². The number of alkyl halides is 4. The quantitative estimate of drug-likeness (QED) is 0.622. The van der Waals surface area contributed by atoms with Crippen molar-refractivity contribution in [2.75, 3.05) is 13.1 Å². The van der Waals surface area contributed by atoms with Crippen molar-refractivity contribution in [2.24, 2.45) is 5.92 Å². The van der Waals surface area contributed by atoms with Gasteiger partial charge in [0.2, 0.25) is 0 Å². The van der Waals surface area contributed by atoms with Crippen molar-refractivity contribution in [1.29, 1.82) is 0 Å². The van der Waals surface area contributed by atoms with Gasteiger partial charge in [-0.1, -0.05) is 0 Å². The largest absolute Gasteiger partial charge is 0.393 e. The average molecular weight is 227 g/mol. The van der Waals surface area contributed by atoms with Gasteiger partial charge in [0.15, 0.2) is 0 Å². The second-order valence-corrected chi connectivity index (χ2v) is 4.46. The maximum Gasteiger partial charge on any atom is 0.393 e. The summed E-state index contributed by atoms with van der Waals surface area (Å²) >= 11 is 0. The summed E-state index contributed by atoms with van der Waals surface area (Å²) in [6.45, 7) is 3.66. The van der Waals surface area contributed by atoms with E-state index >= 15 is 0 Å². The van der Waals surface area contributed by atoms with Crippen LogP contribution in [0.3, 0.4) is 0 Å². The molecule has 1 aliphatic heterocycles. The Labute approximate surface area is 87.4 Å². The molecule has 0 spiro atoms. The number of rotatable bonds is 1. The molecule has 1 nitrogen and oxygen atoms in total. The van der Waals surface area contributed by atoms with Crippen LogP contribution in [0.1, 0.15) is 26.7 Å². The minimum atomic E-state index is -4.20. The molecule has 1 fully saturated rings. The van der Waals surface area contributed by atoms with Gasteiger partial charge in [0, 0.05) is 19.1 Å². The fraction of sp³-hybridized carbons (Fsp3) is 1.00. The molecule has 0 saturated carbocycles. The standard InChI is InChI=1S/C10H17F4N/c1-7(2)15-5-8(10(12,13)14)3-4-9(11)6-15/h7-9H,3-6H2,1-2H3. The average Bonchev–Trinajstić information content (AvgIpc) is 2.25. The Morgan fingerprint density at radius 2 is 1.73 bits per heavy atom. The highest BCUT2D eigenvalue weighted by molar-refractivity contribution is 4.81. The Morgan fingerprint density at radius 3 is 2.20 bits per heavy atom. The third-order valence-corrected chi connectivity index (χ3v) is 2.91. The number of nitrogens with zero attached hydrogens (tertiary/aromatic N) is 1. The summed E-state index contributed by atoms with van der Waals surface area (Å²) in [5.41, 5.74) is 0. The summed E-state index contributed by atoms with van der Waals surface area (Å²) < 4.78 is 50.8. The van der Waals surface area contributed by atoms with E-state index in [0.29, 0.717) is 0 Å². The van der Waals surface area contributed by atoms with Crippen LogP contribution in [0.25, 0.3) is 0 Å². The number of hydrogen-bond donors (Lipinski definition) is 0. The van der Waals surface area contributed by atoms with E-state index in [9.17, 15) is 17.6 Å². The molecule has 2 atom stereocenters. The summed E-state index contributed by atoms with van der Waals surface area (Å²) in [4.78, 5) is 1.58. The van der Waals surface area contributed by atoms with Gasteiger partial charge in [-0.25, -0.2) is 4.39 Å². The topological polar surface area (TPSA) is 3.24 Å². The fourth-order valence-corrected chi connectivity index (χ4v) is 1.87. The van der Waals surface area contributed by atoms with Crippen molar-refractivity contribution < 1.29 is 17.6 Å². The molecule has 0 radical (unpaired) electrons. The molecule has 0 aromatic carbocycles. The molecule has 15 heavy (non-hydrogen) atoms. The van der Waals surface area contributed by atoms with Gasteiger partial charge in [-0.3, -0.25) is 4.90 Å². The first-order valence-electron chi connectivity index (χ1n) is 5.25. The molecule has 1 heterocycles. The maximum atomic E-state index is 13.2. The minimum absolute atomic E-state index is 0.0212. The van der Waals surface area contributed by atoms with E-state index in [-0.39, 0.29) is 32.0 Å². The minimum Gasteiger partial charge on any atom is -0.297 e. The monoisotopic (exact) mass is 227 g/mol. The first-order valence-corrected chi connectivity index (χ1v) is 5.25. The van der Waals surface area contributed by atoms with Gasteiger partial charge in [0.25, 0.3) is 0 Å². The predicted molar refractivity (Wildman–Crippen MR) is 50.4 cm³/mol. The van der Waals surface area contributed by atoms with Crippen LogP contribution in [-0.4, -0.2) is 36.4 Å². The van der Waals surface area contributed by atoms with E-state index in [2.05, 4.69) is 0 Å². The number of hydrogen-bond acceptors (Lipinski definition) is 1. The second kappa shape index (κ2) is 4.68. The van der Waals surface area contributed by atoms with Gasteiger partial charge < -0.3 is 0 Å². The van der Waals surface area contributed by atoms with Crippen LogP contribution < -0.4 is 0 Å². The lowest BCUT2D eigenvalue weighted by molar-refractivity contribution is -0.180. The van der Waals surface area contributed by atoms with E-state index in [0.717, 1.165) is 0 Å². The molecule has 2 unspecified atom stereocenters. The molecular formula is C10H17F4N. The van der Waals surface area contributed by atoms with Crippen molar-refractivity contribution in [2.45, 2.75) is 45.1 Å². The lowest BCUT2D eigenvalue weighted by atomic mass is 10.0. The van der Waals surface area contributed by atoms with Gasteiger partial charge >= 0.3 is 6.18 Å². The molecular weight excluding hydrogens is 210 g/mol. The van der Waals surface area contributed by atoms with Crippen molar-refractivity contribution in [3.8, 4) is 0 Å². The molecule has 0 amide bonds. The molecule has 0 N–H and O–H groups in total. The zero-order valence-corrected chi connectivity index (χ0v) is 9.02. The smallest absolute Gasteiger partial charge is 0.297 e. The van der Waals surface area contributed by atoms with Crippen LogP contribution in [0.5, 0.6) is 0 Å². The first kappa shape index (κ1) is 12.7. The normalized spacial score (nSPS) is 30.6. The molecule has 0 bridgehead atoms. The highest BCUT2D eigenvalue weighted by Gasteiger charge is 2.42. The third-order valence-electron chi connectivity index (χ3n) is 2.91. The maximum absolute atomic E-state index is 13.2. The lowest BCUT2D eigenvalue weighted by Crippen LogP contribution is -2.40. The second-order valence-electron chi connectivity index (χ2n) is 4.46. The van der Waals surface area contributed by atoms with Gasteiger partial charge in [-0.2, -0.15) is 13.2 Å². The fourth-order valence-electron chi connectivity index (χ4n) is 1.87. The van der Waals surface area contributed by atoms with Crippen LogP contribution in [0.15, 0.2) is 0 Å². The Kier molecular flexibility index (Phi) is 3.98. The van der Waals surface area contributed by atoms with Gasteiger partial charge in [-0.15, -0.1) is 0 Å². The van der Waals surface area contributed by atoms with Crippen molar-refractivity contribution in [1.82, 2.24) is 4.90 Å². The van der Waals surface area contributed by atoms with Crippen LogP contribution in [0.2, 0.25) is 0 Å². The Morgan fingerprint density at radius 1 is 1.13 bits per heavy atom. The summed E-state index contributed by atoms with van der Waals surface area (Å²) in [5.74, 6) is -1.37. The van der Waals surface area contributed by atoms with E-state index in [4.69, 9.17) is 0 Å². The van der Waals surface area contributed by atoms with E-state index in [1.54, 1.807) is 18.7 Å². The zero-order valence-electron chi connectivity index (χ0n) is 9.02. The van der Waals surface area contributed by atoms with Gasteiger partial charge in [0.1, 0.15) is 6.17 Å². The van der Waals surface area contributed by atoms with E-state index < -0.39 is 18.3 Å². The van der Waals surface area contributed by atoms with Crippen LogP contribution >= 0.6 is 0 Å². The zero-order chi connectivity index (χ0) is 11.6. The van der Waals surface area contributed by atoms with E-state index in [1.807, 2.05) is 0 Å². The molecule has 0 aromatic heterocycles. The molecule has 0 aliphatic carbocycles. The molecule has 1 rings (SSSR count). The lowest BCUT2D eigenvalue weighted by Gasteiger charge is -2.28. The summed E-state index contributed by atoms with van der Waals surface area (Å²) in [6, 6.07) is -0.0359. The Bertz CT molecular complexity index is 202. The highest BCUT2D eigenvalue weighted by Crippen LogP contribution is 2.33. The highest BCUT2D eigenvalue weighted by atomic mass is 19.4. The number of likely N-dealkylation sites (tertiary alicyclic amines) is 1. The summed E-state index contributed by atoms with van der Waals surface area (Å²) in [5, 5.41) is 0. The summed E-state index contributed by atoms with van der Waals surface area (Å²) in [6.07, 6.45) is -5.39. The first-order chi connectivity index (χ1) is 6.80. The Balaban J connectivity index is 2.69. The molecule has 1 saturated heterocycles. The Hall–Kier alpha value is -0.320.